The Hall–Kier alpha value is -0.630. The lowest BCUT2D eigenvalue weighted by atomic mass is 10.7. The van der Waals surface area contributed by atoms with E-state index in [0.717, 1.165) is 11.3 Å². The van der Waals surface area contributed by atoms with Crippen LogP contribution in [0.5, 0.6) is 0 Å². The molecule has 0 aromatic carbocycles. The van der Waals surface area contributed by atoms with Crippen LogP contribution in [0.1, 0.15) is 0 Å². The summed E-state index contributed by atoms with van der Waals surface area (Å²) in [4.78, 5) is 3.83. The Bertz CT molecular complexity index is 547. The summed E-state index contributed by atoms with van der Waals surface area (Å²) < 4.78 is 26.4. The average molecular weight is 281 g/mol. The van der Waals surface area contributed by atoms with Gasteiger partial charge in [0.25, 0.3) is 10.0 Å². The number of nitrogens with zero attached hydrogens (tertiary/aromatic N) is 1. The van der Waals surface area contributed by atoms with Gasteiger partial charge in [0, 0.05) is 11.6 Å². The van der Waals surface area contributed by atoms with Gasteiger partial charge in [0.1, 0.15) is 4.21 Å². The first kappa shape index (κ1) is 10.9. The normalized spacial score (nSPS) is 11.5. The summed E-state index contributed by atoms with van der Waals surface area (Å²) in [5, 5.41) is 2.04. The largest absolute Gasteiger partial charge is 0.273 e. The highest BCUT2D eigenvalue weighted by Crippen LogP contribution is 2.27. The van der Waals surface area contributed by atoms with E-state index in [9.17, 15) is 8.42 Å². The lowest BCUT2D eigenvalue weighted by Crippen LogP contribution is -2.10. The summed E-state index contributed by atoms with van der Waals surface area (Å²) >= 11 is 7.89. The van der Waals surface area contributed by atoms with Crippen LogP contribution < -0.4 is 4.72 Å². The first-order chi connectivity index (χ1) is 7.08. The second kappa shape index (κ2) is 4.09. The van der Waals surface area contributed by atoms with E-state index >= 15 is 0 Å². The van der Waals surface area contributed by atoms with Crippen molar-refractivity contribution in [2.45, 2.75) is 4.21 Å². The molecule has 2 aromatic heterocycles. The molecule has 0 aliphatic heterocycles. The van der Waals surface area contributed by atoms with Crippen molar-refractivity contribution in [1.82, 2.24) is 4.98 Å². The summed E-state index contributed by atoms with van der Waals surface area (Å²) in [6.45, 7) is 0. The van der Waals surface area contributed by atoms with E-state index in [-0.39, 0.29) is 4.21 Å². The molecule has 80 valence electrons. The van der Waals surface area contributed by atoms with Gasteiger partial charge in [-0.2, -0.15) is 0 Å². The summed E-state index contributed by atoms with van der Waals surface area (Å²) in [5.74, 6) is 0. The molecule has 2 heterocycles. The number of thiophene rings is 1. The van der Waals surface area contributed by atoms with Crippen molar-refractivity contribution in [1.29, 1.82) is 0 Å². The Morgan fingerprint density at radius 2 is 2.20 bits per heavy atom. The van der Waals surface area contributed by atoms with Crippen LogP contribution in [0.15, 0.2) is 27.9 Å². The Morgan fingerprint density at radius 3 is 2.73 bits per heavy atom. The number of sulfonamides is 1. The smallest absolute Gasteiger partial charge is 0.254 e. The zero-order chi connectivity index (χ0) is 10.9. The molecule has 15 heavy (non-hydrogen) atoms. The SMILES string of the molecule is O=S(=O)(Nc1nccs1)c1ccc(Cl)s1. The highest BCUT2D eigenvalue weighted by Gasteiger charge is 2.17. The second-order valence-corrected chi connectivity index (χ2v) is 7.02. The van der Waals surface area contributed by atoms with E-state index in [1.165, 1.54) is 23.6 Å². The molecular formula is C7H5ClN2O2S3. The Kier molecular flexibility index (Phi) is 2.96. The van der Waals surface area contributed by atoms with Crippen LogP contribution in [-0.2, 0) is 10.0 Å². The first-order valence-electron chi connectivity index (χ1n) is 3.75. The molecule has 0 aliphatic carbocycles. The van der Waals surface area contributed by atoms with Gasteiger partial charge in [-0.15, -0.1) is 22.7 Å². The standard InChI is InChI=1S/C7H5ClN2O2S3/c8-5-1-2-6(14-5)15(11,12)10-7-9-3-4-13-7/h1-4H,(H,9,10). The van der Waals surface area contributed by atoms with Gasteiger partial charge in [0.05, 0.1) is 4.34 Å². The molecule has 0 spiro atoms. The molecular weight excluding hydrogens is 276 g/mol. The number of rotatable bonds is 3. The molecule has 0 atom stereocenters. The van der Waals surface area contributed by atoms with Gasteiger partial charge in [0.15, 0.2) is 5.13 Å². The van der Waals surface area contributed by atoms with E-state index in [4.69, 9.17) is 11.6 Å². The van der Waals surface area contributed by atoms with Crippen LogP contribution in [0.4, 0.5) is 5.13 Å². The predicted octanol–water partition coefficient (Wildman–Crippen LogP) is 2.66. The van der Waals surface area contributed by atoms with E-state index in [2.05, 4.69) is 9.71 Å². The molecule has 2 aromatic rings. The fraction of sp³-hybridized carbons (Fsp3) is 0. The number of hydrogen-bond donors (Lipinski definition) is 1. The van der Waals surface area contributed by atoms with Gasteiger partial charge in [-0.1, -0.05) is 11.6 Å². The minimum Gasteiger partial charge on any atom is -0.254 e. The average Bonchev–Trinajstić information content (AvgIpc) is 2.75. The van der Waals surface area contributed by atoms with Gasteiger partial charge in [-0.25, -0.2) is 13.4 Å². The maximum atomic E-state index is 11.7. The van der Waals surface area contributed by atoms with Gasteiger partial charge >= 0.3 is 0 Å². The van der Waals surface area contributed by atoms with Gasteiger partial charge in [0.2, 0.25) is 0 Å². The fourth-order valence-electron chi connectivity index (χ4n) is 0.881. The van der Waals surface area contributed by atoms with Crippen molar-refractivity contribution in [2.75, 3.05) is 4.72 Å². The fourth-order valence-corrected chi connectivity index (χ4v) is 4.15. The molecule has 8 heteroatoms. The zero-order valence-electron chi connectivity index (χ0n) is 7.18. The minimum atomic E-state index is -3.53. The number of anilines is 1. The Morgan fingerprint density at radius 1 is 1.40 bits per heavy atom. The monoisotopic (exact) mass is 280 g/mol. The third-order valence-corrected chi connectivity index (χ3v) is 5.35. The molecule has 0 saturated heterocycles. The van der Waals surface area contributed by atoms with Crippen LogP contribution in [0, 0.1) is 0 Å². The number of halogens is 1. The number of nitrogens with one attached hydrogen (secondary N) is 1. The Balaban J connectivity index is 2.28. The van der Waals surface area contributed by atoms with E-state index in [1.807, 2.05) is 0 Å². The molecule has 0 radical (unpaired) electrons. The molecule has 1 N–H and O–H groups in total. The van der Waals surface area contributed by atoms with Crippen molar-refractivity contribution in [3.05, 3.63) is 28.0 Å². The van der Waals surface area contributed by atoms with Gasteiger partial charge < -0.3 is 0 Å². The Labute approximate surface area is 99.6 Å². The predicted molar refractivity (Wildman–Crippen MR) is 62.3 cm³/mol. The van der Waals surface area contributed by atoms with Gasteiger partial charge in [-0.3, -0.25) is 4.72 Å². The molecule has 0 fully saturated rings. The number of thiazole rings is 1. The van der Waals surface area contributed by atoms with Crippen molar-refractivity contribution < 1.29 is 8.42 Å². The second-order valence-electron chi connectivity index (χ2n) is 2.50. The summed E-state index contributed by atoms with van der Waals surface area (Å²) in [5.41, 5.74) is 0. The molecule has 0 unspecified atom stereocenters. The highest BCUT2D eigenvalue weighted by atomic mass is 35.5. The summed E-state index contributed by atoms with van der Waals surface area (Å²) in [6, 6.07) is 3.01. The summed E-state index contributed by atoms with van der Waals surface area (Å²) in [7, 11) is -3.53. The number of aromatic nitrogens is 1. The van der Waals surface area contributed by atoms with Gasteiger partial charge in [-0.05, 0) is 12.1 Å². The molecule has 0 amide bonds. The van der Waals surface area contributed by atoms with Crippen LogP contribution in [0.25, 0.3) is 0 Å². The van der Waals surface area contributed by atoms with Crippen molar-refractivity contribution in [3.63, 3.8) is 0 Å². The topological polar surface area (TPSA) is 59.1 Å². The van der Waals surface area contributed by atoms with Crippen molar-refractivity contribution in [2.24, 2.45) is 0 Å². The van der Waals surface area contributed by atoms with Crippen molar-refractivity contribution >= 4 is 49.4 Å². The molecule has 0 aliphatic rings. The molecule has 0 saturated carbocycles. The third kappa shape index (κ3) is 2.49. The number of hydrogen-bond acceptors (Lipinski definition) is 5. The van der Waals surface area contributed by atoms with Crippen LogP contribution in [0.3, 0.4) is 0 Å². The van der Waals surface area contributed by atoms with Crippen LogP contribution >= 0.6 is 34.3 Å². The van der Waals surface area contributed by atoms with Crippen LogP contribution in [0.2, 0.25) is 4.34 Å². The first-order valence-corrected chi connectivity index (χ1v) is 7.31. The molecule has 2 rings (SSSR count). The zero-order valence-corrected chi connectivity index (χ0v) is 10.4. The minimum absolute atomic E-state index is 0.183. The highest BCUT2D eigenvalue weighted by molar-refractivity contribution is 7.94. The van der Waals surface area contributed by atoms with Crippen molar-refractivity contribution in [3.8, 4) is 0 Å². The maximum Gasteiger partial charge on any atom is 0.273 e. The maximum absolute atomic E-state index is 11.7. The van der Waals surface area contributed by atoms with E-state index < -0.39 is 10.0 Å². The molecule has 0 bridgehead atoms. The lowest BCUT2D eigenvalue weighted by molar-refractivity contribution is 0.603. The van der Waals surface area contributed by atoms with E-state index in [1.54, 1.807) is 11.4 Å². The summed E-state index contributed by atoms with van der Waals surface area (Å²) in [6.07, 6.45) is 1.53. The van der Waals surface area contributed by atoms with Crippen LogP contribution in [-0.4, -0.2) is 13.4 Å². The van der Waals surface area contributed by atoms with E-state index in [0.29, 0.717) is 9.47 Å². The molecule has 4 nitrogen and oxygen atoms in total. The lowest BCUT2D eigenvalue weighted by Gasteiger charge is -2.00. The quantitative estimate of drug-likeness (QED) is 0.940. The third-order valence-electron chi connectivity index (χ3n) is 1.47.